The van der Waals surface area contributed by atoms with Crippen LogP contribution in [0.15, 0.2) is 36.7 Å². The maximum absolute atomic E-state index is 5.63. The molecule has 0 atom stereocenters. The Morgan fingerprint density at radius 1 is 1.22 bits per heavy atom. The van der Waals surface area contributed by atoms with Crippen LogP contribution in [0.1, 0.15) is 5.69 Å². The minimum atomic E-state index is 0.469. The van der Waals surface area contributed by atoms with Gasteiger partial charge in [-0.3, -0.25) is 4.98 Å². The Kier molecular flexibility index (Phi) is 4.09. The van der Waals surface area contributed by atoms with Gasteiger partial charge in [-0.25, -0.2) is 4.98 Å². The van der Waals surface area contributed by atoms with Crippen molar-refractivity contribution in [3.05, 3.63) is 42.4 Å². The molecule has 0 amide bonds. The van der Waals surface area contributed by atoms with Gasteiger partial charge in [-0.05, 0) is 19.2 Å². The van der Waals surface area contributed by atoms with E-state index in [1.165, 1.54) is 0 Å². The van der Waals surface area contributed by atoms with Crippen molar-refractivity contribution >= 4 is 0 Å². The number of ether oxygens (including phenoxy) is 2. The van der Waals surface area contributed by atoms with E-state index in [0.29, 0.717) is 18.2 Å². The van der Waals surface area contributed by atoms with Gasteiger partial charge in [0, 0.05) is 18.8 Å². The molecule has 94 valence electrons. The Morgan fingerprint density at radius 2 is 2.06 bits per heavy atom. The standard InChI is InChI=1S/C13H15N3O2/c1-14-7-10-8-15-9-13(16-10)18-12-5-3-4-11(6-12)17-2/h3-6,8-9,14H,7H2,1-2H3. The highest BCUT2D eigenvalue weighted by Gasteiger charge is 2.02. The monoisotopic (exact) mass is 245 g/mol. The largest absolute Gasteiger partial charge is 0.497 e. The summed E-state index contributed by atoms with van der Waals surface area (Å²) in [5.74, 6) is 1.88. The number of aromatic nitrogens is 2. The summed E-state index contributed by atoms with van der Waals surface area (Å²) in [6.45, 7) is 0.655. The summed E-state index contributed by atoms with van der Waals surface area (Å²) in [5, 5.41) is 3.02. The fourth-order valence-electron chi connectivity index (χ4n) is 1.49. The molecule has 0 radical (unpaired) electrons. The first-order valence-corrected chi connectivity index (χ1v) is 5.59. The predicted octanol–water partition coefficient (Wildman–Crippen LogP) is 2.00. The summed E-state index contributed by atoms with van der Waals surface area (Å²) in [5.41, 5.74) is 0.831. The van der Waals surface area contributed by atoms with Crippen LogP contribution in [0.5, 0.6) is 17.4 Å². The summed E-state index contributed by atoms with van der Waals surface area (Å²) in [6.07, 6.45) is 3.29. The van der Waals surface area contributed by atoms with Gasteiger partial charge in [-0.2, -0.15) is 0 Å². The number of nitrogens with one attached hydrogen (secondary N) is 1. The van der Waals surface area contributed by atoms with Gasteiger partial charge in [0.15, 0.2) is 0 Å². The topological polar surface area (TPSA) is 56.3 Å². The molecule has 2 aromatic rings. The summed E-state index contributed by atoms with van der Waals surface area (Å²) in [7, 11) is 3.48. The van der Waals surface area contributed by atoms with Crippen LogP contribution in [-0.2, 0) is 6.54 Å². The lowest BCUT2D eigenvalue weighted by Gasteiger charge is -2.07. The van der Waals surface area contributed by atoms with Crippen LogP contribution < -0.4 is 14.8 Å². The summed E-state index contributed by atoms with van der Waals surface area (Å²) in [6, 6.07) is 7.36. The van der Waals surface area contributed by atoms with Crippen molar-refractivity contribution in [3.8, 4) is 17.4 Å². The first kappa shape index (κ1) is 12.3. The van der Waals surface area contributed by atoms with Crippen LogP contribution in [0.4, 0.5) is 0 Å². The van der Waals surface area contributed by atoms with Crippen LogP contribution >= 0.6 is 0 Å². The molecule has 0 bridgehead atoms. The van der Waals surface area contributed by atoms with Crippen molar-refractivity contribution in [3.63, 3.8) is 0 Å². The second kappa shape index (κ2) is 5.97. The lowest BCUT2D eigenvalue weighted by atomic mass is 10.3. The number of hydrogen-bond acceptors (Lipinski definition) is 5. The fraction of sp³-hybridized carbons (Fsp3) is 0.231. The highest BCUT2D eigenvalue weighted by molar-refractivity contribution is 5.34. The van der Waals surface area contributed by atoms with E-state index in [2.05, 4.69) is 15.3 Å². The van der Waals surface area contributed by atoms with Crippen molar-refractivity contribution in [1.82, 2.24) is 15.3 Å². The molecule has 0 spiro atoms. The molecule has 0 saturated heterocycles. The third kappa shape index (κ3) is 3.18. The Hall–Kier alpha value is -2.14. The molecule has 0 unspecified atom stereocenters. The maximum Gasteiger partial charge on any atom is 0.238 e. The second-order valence-corrected chi connectivity index (χ2v) is 3.66. The lowest BCUT2D eigenvalue weighted by Crippen LogP contribution is -2.07. The van der Waals surface area contributed by atoms with Gasteiger partial charge in [-0.15, -0.1) is 0 Å². The first-order chi connectivity index (χ1) is 8.81. The van der Waals surface area contributed by atoms with Crippen molar-refractivity contribution in [2.45, 2.75) is 6.54 Å². The summed E-state index contributed by atoms with van der Waals surface area (Å²) < 4.78 is 10.8. The molecule has 0 aliphatic rings. The molecule has 18 heavy (non-hydrogen) atoms. The third-order valence-corrected chi connectivity index (χ3v) is 2.28. The molecular weight excluding hydrogens is 230 g/mol. The average molecular weight is 245 g/mol. The van der Waals surface area contributed by atoms with Gasteiger partial charge < -0.3 is 14.8 Å². The first-order valence-electron chi connectivity index (χ1n) is 5.59. The third-order valence-electron chi connectivity index (χ3n) is 2.28. The zero-order valence-corrected chi connectivity index (χ0v) is 10.4. The van der Waals surface area contributed by atoms with Gasteiger partial charge in [0.1, 0.15) is 11.5 Å². The van der Waals surface area contributed by atoms with Crippen LogP contribution in [0.25, 0.3) is 0 Å². The normalized spacial score (nSPS) is 10.1. The molecule has 1 N–H and O–H groups in total. The molecule has 0 aliphatic heterocycles. The number of methoxy groups -OCH3 is 1. The second-order valence-electron chi connectivity index (χ2n) is 3.66. The van der Waals surface area contributed by atoms with Crippen molar-refractivity contribution in [2.75, 3.05) is 14.2 Å². The lowest BCUT2D eigenvalue weighted by molar-refractivity contribution is 0.407. The smallest absolute Gasteiger partial charge is 0.238 e. The zero-order valence-electron chi connectivity index (χ0n) is 10.4. The van der Waals surface area contributed by atoms with E-state index in [4.69, 9.17) is 9.47 Å². The van der Waals surface area contributed by atoms with E-state index < -0.39 is 0 Å². The molecule has 5 nitrogen and oxygen atoms in total. The van der Waals surface area contributed by atoms with Gasteiger partial charge in [-0.1, -0.05) is 6.07 Å². The highest BCUT2D eigenvalue weighted by atomic mass is 16.5. The predicted molar refractivity (Wildman–Crippen MR) is 67.9 cm³/mol. The molecule has 0 saturated carbocycles. The Labute approximate surface area is 106 Å². The summed E-state index contributed by atoms with van der Waals surface area (Å²) in [4.78, 5) is 8.41. The number of benzene rings is 1. The number of nitrogens with zero attached hydrogens (tertiary/aromatic N) is 2. The highest BCUT2D eigenvalue weighted by Crippen LogP contribution is 2.23. The van der Waals surface area contributed by atoms with E-state index in [1.807, 2.05) is 25.2 Å². The SMILES string of the molecule is CNCc1cncc(Oc2cccc(OC)c2)n1. The Morgan fingerprint density at radius 3 is 2.83 bits per heavy atom. The Bertz CT molecular complexity index is 517. The average Bonchev–Trinajstić information content (AvgIpc) is 2.40. The van der Waals surface area contributed by atoms with E-state index in [0.717, 1.165) is 11.4 Å². The quantitative estimate of drug-likeness (QED) is 0.873. The molecule has 2 rings (SSSR count). The number of rotatable bonds is 5. The van der Waals surface area contributed by atoms with Crippen LogP contribution in [0.2, 0.25) is 0 Å². The minimum Gasteiger partial charge on any atom is -0.497 e. The molecule has 1 aromatic heterocycles. The van der Waals surface area contributed by atoms with Crippen LogP contribution in [0, 0.1) is 0 Å². The van der Waals surface area contributed by atoms with Gasteiger partial charge in [0.25, 0.3) is 0 Å². The van der Waals surface area contributed by atoms with E-state index in [9.17, 15) is 0 Å². The Balaban J connectivity index is 2.14. The molecular formula is C13H15N3O2. The zero-order chi connectivity index (χ0) is 12.8. The van der Waals surface area contributed by atoms with E-state index in [1.54, 1.807) is 25.6 Å². The number of hydrogen-bond donors (Lipinski definition) is 1. The molecule has 0 aliphatic carbocycles. The molecule has 0 fully saturated rings. The van der Waals surface area contributed by atoms with Crippen molar-refractivity contribution in [1.29, 1.82) is 0 Å². The van der Waals surface area contributed by atoms with E-state index >= 15 is 0 Å². The summed E-state index contributed by atoms with van der Waals surface area (Å²) >= 11 is 0. The maximum atomic E-state index is 5.63. The molecule has 5 heteroatoms. The van der Waals surface area contributed by atoms with Crippen molar-refractivity contribution < 1.29 is 9.47 Å². The van der Waals surface area contributed by atoms with Gasteiger partial charge >= 0.3 is 0 Å². The van der Waals surface area contributed by atoms with Gasteiger partial charge in [0.05, 0.1) is 19.0 Å². The van der Waals surface area contributed by atoms with Crippen molar-refractivity contribution in [2.24, 2.45) is 0 Å². The van der Waals surface area contributed by atoms with E-state index in [-0.39, 0.29) is 0 Å². The van der Waals surface area contributed by atoms with Gasteiger partial charge in [0.2, 0.25) is 5.88 Å². The molecule has 1 heterocycles. The van der Waals surface area contributed by atoms with Crippen LogP contribution in [0.3, 0.4) is 0 Å². The van der Waals surface area contributed by atoms with Crippen LogP contribution in [-0.4, -0.2) is 24.1 Å². The fourth-order valence-corrected chi connectivity index (χ4v) is 1.49. The minimum absolute atomic E-state index is 0.469. The molecule has 1 aromatic carbocycles.